The third-order valence-corrected chi connectivity index (χ3v) is 4.65. The van der Waals surface area contributed by atoms with Crippen LogP contribution in [0, 0.1) is 0 Å². The predicted octanol–water partition coefficient (Wildman–Crippen LogP) is 2.97. The highest BCUT2D eigenvalue weighted by atomic mass is 35.5. The number of anilines is 1. The van der Waals surface area contributed by atoms with Gasteiger partial charge in [0.2, 0.25) is 5.91 Å². The lowest BCUT2D eigenvalue weighted by Crippen LogP contribution is -2.16. The first-order chi connectivity index (χ1) is 10.6. The van der Waals surface area contributed by atoms with Gasteiger partial charge in [-0.25, -0.2) is 0 Å². The maximum atomic E-state index is 12.2. The topological polar surface area (TPSA) is 69.8 Å². The fourth-order valence-corrected chi connectivity index (χ4v) is 3.05. The Labute approximate surface area is 138 Å². The van der Waals surface area contributed by atoms with Crippen LogP contribution in [0.1, 0.15) is 23.6 Å². The van der Waals surface area contributed by atoms with Crippen molar-refractivity contribution in [2.24, 2.45) is 0 Å². The summed E-state index contributed by atoms with van der Waals surface area (Å²) in [4.78, 5) is 12.2. The second kappa shape index (κ2) is 6.69. The van der Waals surface area contributed by atoms with Gasteiger partial charge in [0, 0.05) is 12.5 Å². The number of benzene rings is 1. The molecule has 1 saturated heterocycles. The monoisotopic (exact) mass is 338 g/mol. The first-order valence-corrected chi connectivity index (χ1v) is 7.87. The Balaban J connectivity index is 1.70. The van der Waals surface area contributed by atoms with Crippen molar-refractivity contribution in [2.45, 2.75) is 18.8 Å². The van der Waals surface area contributed by atoms with Gasteiger partial charge in [0.25, 0.3) is 0 Å². The molecule has 1 aliphatic rings. The van der Waals surface area contributed by atoms with Crippen molar-refractivity contribution in [1.82, 2.24) is 15.5 Å². The van der Waals surface area contributed by atoms with Crippen molar-refractivity contribution < 1.29 is 4.79 Å². The van der Waals surface area contributed by atoms with Gasteiger partial charge < -0.3 is 10.6 Å². The van der Waals surface area contributed by atoms with Gasteiger partial charge in [-0.05, 0) is 24.6 Å². The van der Waals surface area contributed by atoms with E-state index < -0.39 is 0 Å². The van der Waals surface area contributed by atoms with Crippen LogP contribution in [0.4, 0.5) is 5.69 Å². The Morgan fingerprint density at radius 1 is 1.41 bits per heavy atom. The third-order valence-electron chi connectivity index (χ3n) is 3.79. The average Bonchev–Trinajstić information content (AvgIpc) is 3.14. The standard InChI is InChI=1S/C15H16Cl2N4O/c16-11-3-1-2-9(14(11)17)6-13(22)20-12-8-19-21-15(12)10-4-5-18-7-10/h1-3,8,10,18H,4-7H2,(H,19,21)(H,20,22). The van der Waals surface area contributed by atoms with E-state index in [1.165, 1.54) is 0 Å². The molecule has 1 fully saturated rings. The molecule has 0 bridgehead atoms. The van der Waals surface area contributed by atoms with Crippen LogP contribution in [0.15, 0.2) is 24.4 Å². The number of rotatable bonds is 4. The van der Waals surface area contributed by atoms with E-state index in [1.54, 1.807) is 24.4 Å². The van der Waals surface area contributed by atoms with E-state index in [0.29, 0.717) is 21.5 Å². The maximum absolute atomic E-state index is 12.2. The van der Waals surface area contributed by atoms with Gasteiger partial charge in [0.05, 0.1) is 34.0 Å². The minimum atomic E-state index is -0.141. The van der Waals surface area contributed by atoms with E-state index in [0.717, 1.165) is 30.9 Å². The summed E-state index contributed by atoms with van der Waals surface area (Å²) in [6.45, 7) is 1.88. The fourth-order valence-electron chi connectivity index (χ4n) is 2.66. The van der Waals surface area contributed by atoms with E-state index in [-0.39, 0.29) is 12.3 Å². The highest BCUT2D eigenvalue weighted by molar-refractivity contribution is 6.42. The van der Waals surface area contributed by atoms with Crippen LogP contribution < -0.4 is 10.6 Å². The SMILES string of the molecule is O=C(Cc1cccc(Cl)c1Cl)Nc1cn[nH]c1C1CCNC1. The molecule has 3 N–H and O–H groups in total. The minimum absolute atomic E-state index is 0.141. The Morgan fingerprint density at radius 3 is 3.05 bits per heavy atom. The van der Waals surface area contributed by atoms with Crippen LogP contribution in [0.2, 0.25) is 10.0 Å². The second-order valence-corrected chi connectivity index (χ2v) is 6.11. The summed E-state index contributed by atoms with van der Waals surface area (Å²) >= 11 is 12.1. The number of halogens is 2. The number of amides is 1. The first kappa shape index (κ1) is 15.3. The van der Waals surface area contributed by atoms with Crippen molar-refractivity contribution in [2.75, 3.05) is 18.4 Å². The zero-order valence-corrected chi connectivity index (χ0v) is 13.3. The predicted molar refractivity (Wildman–Crippen MR) is 87.6 cm³/mol. The Morgan fingerprint density at radius 2 is 2.27 bits per heavy atom. The van der Waals surface area contributed by atoms with Gasteiger partial charge in [-0.1, -0.05) is 35.3 Å². The van der Waals surface area contributed by atoms with E-state index in [9.17, 15) is 4.79 Å². The molecule has 0 saturated carbocycles. The molecule has 22 heavy (non-hydrogen) atoms. The molecule has 1 atom stereocenters. The van der Waals surface area contributed by atoms with Crippen molar-refractivity contribution >= 4 is 34.8 Å². The van der Waals surface area contributed by atoms with Crippen LogP contribution >= 0.6 is 23.2 Å². The number of carbonyl (C=O) groups excluding carboxylic acids is 1. The lowest BCUT2D eigenvalue weighted by atomic mass is 10.0. The van der Waals surface area contributed by atoms with Gasteiger partial charge >= 0.3 is 0 Å². The number of H-pyrrole nitrogens is 1. The molecule has 1 aromatic carbocycles. The number of aromatic nitrogens is 2. The summed E-state index contributed by atoms with van der Waals surface area (Å²) in [6, 6.07) is 5.28. The maximum Gasteiger partial charge on any atom is 0.228 e. The van der Waals surface area contributed by atoms with Crippen molar-refractivity contribution in [3.05, 3.63) is 45.7 Å². The van der Waals surface area contributed by atoms with Gasteiger partial charge in [-0.2, -0.15) is 5.10 Å². The largest absolute Gasteiger partial charge is 0.323 e. The van der Waals surface area contributed by atoms with Crippen molar-refractivity contribution in [3.63, 3.8) is 0 Å². The normalized spacial score (nSPS) is 17.6. The van der Waals surface area contributed by atoms with Crippen LogP contribution in [-0.2, 0) is 11.2 Å². The molecule has 5 nitrogen and oxygen atoms in total. The summed E-state index contributed by atoms with van der Waals surface area (Å²) < 4.78 is 0. The van der Waals surface area contributed by atoms with E-state index >= 15 is 0 Å². The average molecular weight is 339 g/mol. The molecule has 116 valence electrons. The lowest BCUT2D eigenvalue weighted by Gasteiger charge is -2.11. The summed E-state index contributed by atoms with van der Waals surface area (Å²) in [5.74, 6) is 0.213. The quantitative estimate of drug-likeness (QED) is 0.802. The van der Waals surface area contributed by atoms with Crippen LogP contribution in [0.5, 0.6) is 0 Å². The number of hydrogen-bond donors (Lipinski definition) is 3. The van der Waals surface area contributed by atoms with E-state index in [1.807, 2.05) is 0 Å². The van der Waals surface area contributed by atoms with Crippen LogP contribution in [0.25, 0.3) is 0 Å². The number of aromatic amines is 1. The van der Waals surface area contributed by atoms with Gasteiger partial charge in [-0.3, -0.25) is 9.89 Å². The fraction of sp³-hybridized carbons (Fsp3) is 0.333. The molecular formula is C15H16Cl2N4O. The highest BCUT2D eigenvalue weighted by Crippen LogP contribution is 2.28. The van der Waals surface area contributed by atoms with E-state index in [4.69, 9.17) is 23.2 Å². The summed E-state index contributed by atoms with van der Waals surface area (Å²) in [5.41, 5.74) is 2.41. The molecule has 1 aromatic heterocycles. The van der Waals surface area contributed by atoms with Crippen molar-refractivity contribution in [3.8, 4) is 0 Å². The Bertz CT molecular complexity index is 680. The number of hydrogen-bond acceptors (Lipinski definition) is 3. The first-order valence-electron chi connectivity index (χ1n) is 7.12. The molecule has 0 spiro atoms. The molecule has 1 aliphatic heterocycles. The zero-order valence-electron chi connectivity index (χ0n) is 11.8. The summed E-state index contributed by atoms with van der Waals surface area (Å²) in [5, 5.41) is 14.1. The van der Waals surface area contributed by atoms with E-state index in [2.05, 4.69) is 20.8 Å². The molecule has 2 aromatic rings. The van der Waals surface area contributed by atoms with Gasteiger partial charge in [-0.15, -0.1) is 0 Å². The smallest absolute Gasteiger partial charge is 0.228 e. The zero-order chi connectivity index (χ0) is 15.5. The molecule has 2 heterocycles. The molecule has 3 rings (SSSR count). The van der Waals surface area contributed by atoms with Crippen molar-refractivity contribution in [1.29, 1.82) is 0 Å². The summed E-state index contributed by atoms with van der Waals surface area (Å²) in [7, 11) is 0. The van der Waals surface area contributed by atoms with Gasteiger partial charge in [0.15, 0.2) is 0 Å². The molecule has 7 heteroatoms. The van der Waals surface area contributed by atoms with Crippen LogP contribution in [-0.4, -0.2) is 29.2 Å². The van der Waals surface area contributed by atoms with Gasteiger partial charge in [0.1, 0.15) is 0 Å². The summed E-state index contributed by atoms with van der Waals surface area (Å²) in [6.07, 6.45) is 2.85. The molecular weight excluding hydrogens is 323 g/mol. The minimum Gasteiger partial charge on any atom is -0.323 e. The lowest BCUT2D eigenvalue weighted by molar-refractivity contribution is -0.115. The molecule has 1 unspecified atom stereocenters. The Hall–Kier alpha value is -1.56. The third kappa shape index (κ3) is 3.27. The highest BCUT2D eigenvalue weighted by Gasteiger charge is 2.22. The second-order valence-electron chi connectivity index (χ2n) is 5.32. The van der Waals surface area contributed by atoms with Crippen LogP contribution in [0.3, 0.4) is 0 Å². The molecule has 0 aliphatic carbocycles. The molecule has 0 radical (unpaired) electrons. The number of nitrogens with zero attached hydrogens (tertiary/aromatic N) is 1. The molecule has 1 amide bonds. The number of nitrogens with one attached hydrogen (secondary N) is 3. The number of carbonyl (C=O) groups is 1. The Kier molecular flexibility index (Phi) is 4.66.